The normalized spacial score (nSPS) is 11.9. The zero-order valence-corrected chi connectivity index (χ0v) is 15.3. The number of H-pyrrole nitrogens is 1. The molecule has 1 atom stereocenters. The molecule has 0 spiro atoms. The number of hydrogen-bond donors (Lipinski definition) is 2. The molecule has 3 aromatic rings. The number of carbonyl (C=O) groups excluding carboxylic acids is 1. The Hall–Kier alpha value is -2.66. The van der Waals surface area contributed by atoms with Crippen LogP contribution in [0.3, 0.4) is 0 Å². The molecule has 6 heteroatoms. The average Bonchev–Trinajstić information content (AvgIpc) is 3.08. The number of nitrogens with one attached hydrogen (secondary N) is 2. The lowest BCUT2D eigenvalue weighted by molar-refractivity contribution is -0.121. The number of aromatic amines is 1. The first kappa shape index (κ1) is 18.1. The van der Waals surface area contributed by atoms with Gasteiger partial charge in [-0.25, -0.2) is 4.98 Å². The van der Waals surface area contributed by atoms with Crippen molar-refractivity contribution in [1.82, 2.24) is 20.5 Å². The lowest BCUT2D eigenvalue weighted by atomic mass is 10.1. The van der Waals surface area contributed by atoms with E-state index in [1.54, 1.807) is 0 Å². The third-order valence-electron chi connectivity index (χ3n) is 4.09. The third kappa shape index (κ3) is 4.92. The van der Waals surface area contributed by atoms with E-state index in [-0.39, 0.29) is 11.9 Å². The number of amides is 1. The predicted molar refractivity (Wildman–Crippen MR) is 102 cm³/mol. The van der Waals surface area contributed by atoms with Gasteiger partial charge in [0.2, 0.25) is 5.91 Å². The van der Waals surface area contributed by atoms with Crippen molar-refractivity contribution < 1.29 is 4.79 Å². The van der Waals surface area contributed by atoms with Gasteiger partial charge in [-0.2, -0.15) is 5.10 Å². The summed E-state index contributed by atoms with van der Waals surface area (Å²) in [6.45, 7) is 1.84. The van der Waals surface area contributed by atoms with Crippen LogP contribution in [0, 0.1) is 6.92 Å². The molecule has 3 rings (SSSR count). The number of aromatic nitrogens is 3. The number of benzene rings is 2. The smallest absolute Gasteiger partial charge is 0.220 e. The molecule has 0 fully saturated rings. The van der Waals surface area contributed by atoms with Gasteiger partial charge in [-0.3, -0.25) is 9.89 Å². The molecule has 1 aromatic heterocycles. The molecule has 2 N–H and O–H groups in total. The van der Waals surface area contributed by atoms with Crippen LogP contribution < -0.4 is 5.32 Å². The fourth-order valence-electron chi connectivity index (χ4n) is 2.77. The molecule has 0 saturated carbocycles. The van der Waals surface area contributed by atoms with Gasteiger partial charge in [0.25, 0.3) is 0 Å². The Bertz CT molecular complexity index is 846. The highest BCUT2D eigenvalue weighted by Crippen LogP contribution is 2.19. The molecular formula is C20H21ClN4O. The third-order valence-corrected chi connectivity index (χ3v) is 4.35. The number of nitrogens with zero attached hydrogens (tertiary/aromatic N) is 2. The number of carbonyl (C=O) groups is 1. The summed E-state index contributed by atoms with van der Waals surface area (Å²) in [5, 5.41) is 10.8. The Balaban J connectivity index is 1.61. The summed E-state index contributed by atoms with van der Waals surface area (Å²) in [5.41, 5.74) is 2.13. The van der Waals surface area contributed by atoms with Gasteiger partial charge in [0, 0.05) is 11.4 Å². The number of rotatable bonds is 7. The van der Waals surface area contributed by atoms with Crippen LogP contribution in [0.15, 0.2) is 54.6 Å². The van der Waals surface area contributed by atoms with Crippen molar-refractivity contribution in [2.75, 3.05) is 0 Å². The maximum absolute atomic E-state index is 12.5. The van der Waals surface area contributed by atoms with E-state index in [9.17, 15) is 4.79 Å². The summed E-state index contributed by atoms with van der Waals surface area (Å²) in [5.74, 6) is 1.27. The lowest BCUT2D eigenvalue weighted by Gasteiger charge is -2.16. The van der Waals surface area contributed by atoms with Crippen LogP contribution in [0.25, 0.3) is 0 Å². The van der Waals surface area contributed by atoms with Gasteiger partial charge in [-0.1, -0.05) is 54.1 Å². The van der Waals surface area contributed by atoms with Gasteiger partial charge in [0.15, 0.2) is 5.82 Å². The molecule has 1 amide bonds. The molecule has 2 aromatic carbocycles. The number of halogens is 1. The van der Waals surface area contributed by atoms with Crippen molar-refractivity contribution in [3.8, 4) is 0 Å². The molecule has 0 radical (unpaired) electrons. The van der Waals surface area contributed by atoms with Crippen molar-refractivity contribution in [3.05, 3.63) is 82.4 Å². The lowest BCUT2D eigenvalue weighted by Crippen LogP contribution is -2.30. The van der Waals surface area contributed by atoms with Crippen LogP contribution in [-0.2, 0) is 11.2 Å². The predicted octanol–water partition coefficient (Wildman–Crippen LogP) is 4.00. The second-order valence-electron chi connectivity index (χ2n) is 6.17. The molecule has 0 aliphatic carbocycles. The summed E-state index contributed by atoms with van der Waals surface area (Å²) < 4.78 is 0. The zero-order valence-electron chi connectivity index (χ0n) is 14.6. The van der Waals surface area contributed by atoms with Crippen molar-refractivity contribution in [1.29, 1.82) is 0 Å². The zero-order chi connectivity index (χ0) is 18.4. The van der Waals surface area contributed by atoms with E-state index in [2.05, 4.69) is 20.5 Å². The maximum Gasteiger partial charge on any atom is 0.220 e. The minimum atomic E-state index is -0.357. The largest absolute Gasteiger partial charge is 0.342 e. The second kappa shape index (κ2) is 8.63. The number of aryl methyl sites for hydroxylation is 2. The Kier molecular flexibility index (Phi) is 6.02. The minimum Gasteiger partial charge on any atom is -0.342 e. The average molecular weight is 369 g/mol. The van der Waals surface area contributed by atoms with E-state index in [1.807, 2.05) is 61.5 Å². The molecule has 0 aliphatic heterocycles. The first-order chi connectivity index (χ1) is 12.6. The van der Waals surface area contributed by atoms with Crippen molar-refractivity contribution in [2.24, 2.45) is 0 Å². The van der Waals surface area contributed by atoms with Gasteiger partial charge in [0.05, 0.1) is 0 Å². The van der Waals surface area contributed by atoms with Crippen molar-refractivity contribution in [2.45, 2.75) is 32.2 Å². The number of hydrogen-bond acceptors (Lipinski definition) is 3. The van der Waals surface area contributed by atoms with Crippen molar-refractivity contribution >= 4 is 17.5 Å². The van der Waals surface area contributed by atoms with Gasteiger partial charge >= 0.3 is 0 Å². The van der Waals surface area contributed by atoms with Gasteiger partial charge in [-0.15, -0.1) is 0 Å². The van der Waals surface area contributed by atoms with Crippen molar-refractivity contribution in [3.63, 3.8) is 0 Å². The second-order valence-corrected chi connectivity index (χ2v) is 6.61. The standard InChI is InChI=1S/C20H21ClN4O/c1-14-22-20(25-24-14)19(16-7-3-2-4-8-16)23-18(26)9-5-6-15-10-12-17(21)13-11-15/h2-4,7-8,10-13,19H,5-6,9H2,1H3,(H,23,26)(H,22,24,25). The Labute approximate surface area is 157 Å². The Morgan fingerprint density at radius 2 is 1.88 bits per heavy atom. The molecule has 0 saturated heterocycles. The highest BCUT2D eigenvalue weighted by molar-refractivity contribution is 6.30. The fourth-order valence-corrected chi connectivity index (χ4v) is 2.89. The molecule has 0 aliphatic rings. The first-order valence-electron chi connectivity index (χ1n) is 8.59. The first-order valence-corrected chi connectivity index (χ1v) is 8.97. The summed E-state index contributed by atoms with van der Waals surface area (Å²) in [7, 11) is 0. The van der Waals surface area contributed by atoms with E-state index < -0.39 is 0 Å². The molecule has 26 heavy (non-hydrogen) atoms. The molecular weight excluding hydrogens is 348 g/mol. The fraction of sp³-hybridized carbons (Fsp3) is 0.250. The molecule has 1 heterocycles. The van der Waals surface area contributed by atoms with E-state index in [4.69, 9.17) is 11.6 Å². The summed E-state index contributed by atoms with van der Waals surface area (Å²) in [6.07, 6.45) is 2.04. The summed E-state index contributed by atoms with van der Waals surface area (Å²) >= 11 is 5.89. The Morgan fingerprint density at radius 1 is 1.15 bits per heavy atom. The summed E-state index contributed by atoms with van der Waals surface area (Å²) in [6, 6.07) is 17.1. The highest BCUT2D eigenvalue weighted by Gasteiger charge is 2.20. The summed E-state index contributed by atoms with van der Waals surface area (Å²) in [4.78, 5) is 16.8. The molecule has 134 valence electrons. The van der Waals surface area contributed by atoms with Crippen LogP contribution in [0.4, 0.5) is 0 Å². The van der Waals surface area contributed by atoms with Crippen LogP contribution in [0.2, 0.25) is 5.02 Å². The molecule has 5 nitrogen and oxygen atoms in total. The van der Waals surface area contributed by atoms with Crippen LogP contribution in [0.1, 0.15) is 41.7 Å². The van der Waals surface area contributed by atoms with E-state index >= 15 is 0 Å². The van der Waals surface area contributed by atoms with E-state index in [0.717, 1.165) is 29.3 Å². The monoisotopic (exact) mass is 368 g/mol. The van der Waals surface area contributed by atoms with Crippen LogP contribution in [0.5, 0.6) is 0 Å². The topological polar surface area (TPSA) is 70.7 Å². The van der Waals surface area contributed by atoms with Gasteiger partial charge < -0.3 is 5.32 Å². The minimum absolute atomic E-state index is 0.0183. The molecule has 1 unspecified atom stereocenters. The van der Waals surface area contributed by atoms with Crippen LogP contribution >= 0.6 is 11.6 Å². The maximum atomic E-state index is 12.5. The molecule has 0 bridgehead atoms. The van der Waals surface area contributed by atoms with E-state index in [0.29, 0.717) is 12.2 Å². The van der Waals surface area contributed by atoms with Crippen LogP contribution in [-0.4, -0.2) is 21.1 Å². The SMILES string of the molecule is Cc1nc(C(NC(=O)CCCc2ccc(Cl)cc2)c2ccccc2)n[nH]1. The quantitative estimate of drug-likeness (QED) is 0.662. The van der Waals surface area contributed by atoms with Gasteiger partial charge in [0.1, 0.15) is 11.9 Å². The Morgan fingerprint density at radius 3 is 2.54 bits per heavy atom. The van der Waals surface area contributed by atoms with E-state index in [1.165, 1.54) is 5.56 Å². The highest BCUT2D eigenvalue weighted by atomic mass is 35.5. The van der Waals surface area contributed by atoms with Gasteiger partial charge in [-0.05, 0) is 43.0 Å².